The first-order chi connectivity index (χ1) is 8.06. The van der Waals surface area contributed by atoms with Gasteiger partial charge < -0.3 is 11.1 Å². The number of aryl methyl sites for hydroxylation is 1. The number of hydrogen-bond donors (Lipinski definition) is 2. The predicted molar refractivity (Wildman–Crippen MR) is 85.7 cm³/mol. The van der Waals surface area contributed by atoms with Gasteiger partial charge in [0.25, 0.3) is 0 Å². The molecular weight excluding hydrogens is 391 g/mol. The molecule has 0 unspecified atom stereocenters. The molecule has 2 rings (SSSR count). The molecule has 0 amide bonds. The molecule has 0 fully saturated rings. The summed E-state index contributed by atoms with van der Waals surface area (Å²) in [5, 5.41) is 3.37. The lowest BCUT2D eigenvalue weighted by Crippen LogP contribution is -1.95. The van der Waals surface area contributed by atoms with Gasteiger partial charge in [-0.25, -0.2) is 0 Å². The smallest absolute Gasteiger partial charge is 0.0532 e. The SMILES string of the molecule is Cc1cc(Nc2cccc(I)c2)c(Br)cc1N. The number of rotatable bonds is 2. The van der Waals surface area contributed by atoms with Gasteiger partial charge in [0.2, 0.25) is 0 Å². The zero-order valence-electron chi connectivity index (χ0n) is 9.30. The van der Waals surface area contributed by atoms with Crippen molar-refractivity contribution in [3.05, 3.63) is 50.0 Å². The quantitative estimate of drug-likeness (QED) is 0.565. The van der Waals surface area contributed by atoms with Gasteiger partial charge in [0.1, 0.15) is 0 Å². The van der Waals surface area contributed by atoms with Crippen molar-refractivity contribution < 1.29 is 0 Å². The fraction of sp³-hybridized carbons (Fsp3) is 0.0769. The van der Waals surface area contributed by atoms with E-state index in [9.17, 15) is 0 Å². The molecule has 0 aromatic heterocycles. The molecule has 2 aromatic rings. The minimum atomic E-state index is 0.796. The van der Waals surface area contributed by atoms with Gasteiger partial charge >= 0.3 is 0 Å². The van der Waals surface area contributed by atoms with E-state index in [0.29, 0.717) is 0 Å². The molecule has 0 atom stereocenters. The second kappa shape index (κ2) is 5.27. The molecule has 2 nitrogen and oxygen atoms in total. The van der Waals surface area contributed by atoms with Crippen LogP contribution >= 0.6 is 38.5 Å². The van der Waals surface area contributed by atoms with Gasteiger partial charge in [0.05, 0.1) is 5.69 Å². The zero-order chi connectivity index (χ0) is 12.4. The Morgan fingerprint density at radius 3 is 2.71 bits per heavy atom. The van der Waals surface area contributed by atoms with Crippen LogP contribution in [0.15, 0.2) is 40.9 Å². The fourth-order valence-electron chi connectivity index (χ4n) is 1.51. The first-order valence-corrected chi connectivity index (χ1v) is 7.01. The number of benzene rings is 2. The molecular formula is C13H12BrIN2. The molecule has 0 spiro atoms. The largest absolute Gasteiger partial charge is 0.398 e. The van der Waals surface area contributed by atoms with Crippen molar-refractivity contribution in [2.24, 2.45) is 0 Å². The molecule has 0 aliphatic heterocycles. The van der Waals surface area contributed by atoms with Gasteiger partial charge in [-0.1, -0.05) is 6.07 Å². The summed E-state index contributed by atoms with van der Waals surface area (Å²) in [5.74, 6) is 0. The molecule has 2 aromatic carbocycles. The van der Waals surface area contributed by atoms with E-state index in [1.807, 2.05) is 31.2 Å². The fourth-order valence-corrected chi connectivity index (χ4v) is 2.52. The Hall–Kier alpha value is -0.750. The highest BCUT2D eigenvalue weighted by atomic mass is 127. The summed E-state index contributed by atoms with van der Waals surface area (Å²) in [7, 11) is 0. The topological polar surface area (TPSA) is 38.0 Å². The second-order valence-electron chi connectivity index (χ2n) is 3.82. The molecule has 4 heteroatoms. The third kappa shape index (κ3) is 3.13. The summed E-state index contributed by atoms with van der Waals surface area (Å²) < 4.78 is 2.18. The monoisotopic (exact) mass is 402 g/mol. The van der Waals surface area contributed by atoms with Crippen molar-refractivity contribution in [2.75, 3.05) is 11.1 Å². The average Bonchev–Trinajstić information content (AvgIpc) is 2.26. The van der Waals surface area contributed by atoms with Gasteiger partial charge in [-0.2, -0.15) is 0 Å². The van der Waals surface area contributed by atoms with Crippen LogP contribution in [-0.4, -0.2) is 0 Å². The van der Waals surface area contributed by atoms with Crippen molar-refractivity contribution in [3.63, 3.8) is 0 Å². The standard InChI is InChI=1S/C13H12BrIN2/c1-8-5-13(11(14)7-12(8)16)17-10-4-2-3-9(15)6-10/h2-7,17H,16H2,1H3. The van der Waals surface area contributed by atoms with Crippen LogP contribution in [0.3, 0.4) is 0 Å². The van der Waals surface area contributed by atoms with Gasteiger partial charge in [0.15, 0.2) is 0 Å². The van der Waals surface area contributed by atoms with Crippen LogP contribution in [0.2, 0.25) is 0 Å². The Morgan fingerprint density at radius 1 is 1.24 bits per heavy atom. The third-order valence-corrected chi connectivity index (χ3v) is 3.79. The lowest BCUT2D eigenvalue weighted by Gasteiger charge is -2.11. The van der Waals surface area contributed by atoms with E-state index in [0.717, 1.165) is 27.1 Å². The highest BCUT2D eigenvalue weighted by Gasteiger charge is 2.04. The number of hydrogen-bond acceptors (Lipinski definition) is 2. The molecule has 17 heavy (non-hydrogen) atoms. The minimum absolute atomic E-state index is 0.796. The van der Waals surface area contributed by atoms with E-state index in [4.69, 9.17) is 5.73 Å². The zero-order valence-corrected chi connectivity index (χ0v) is 13.0. The Balaban J connectivity index is 2.33. The maximum atomic E-state index is 5.85. The van der Waals surface area contributed by atoms with Crippen LogP contribution in [-0.2, 0) is 0 Å². The van der Waals surface area contributed by atoms with E-state index in [1.165, 1.54) is 3.57 Å². The van der Waals surface area contributed by atoms with Crippen molar-refractivity contribution >= 4 is 55.6 Å². The van der Waals surface area contributed by atoms with Crippen molar-refractivity contribution in [3.8, 4) is 0 Å². The van der Waals surface area contributed by atoms with Crippen LogP contribution < -0.4 is 11.1 Å². The van der Waals surface area contributed by atoms with Gasteiger partial charge in [-0.3, -0.25) is 0 Å². The van der Waals surface area contributed by atoms with Gasteiger partial charge in [-0.15, -0.1) is 0 Å². The van der Waals surface area contributed by atoms with Crippen LogP contribution in [0, 0.1) is 10.5 Å². The summed E-state index contributed by atoms with van der Waals surface area (Å²) in [6, 6.07) is 12.2. The number of nitrogen functional groups attached to an aromatic ring is 1. The van der Waals surface area contributed by atoms with Crippen LogP contribution in [0.5, 0.6) is 0 Å². The van der Waals surface area contributed by atoms with E-state index in [1.54, 1.807) is 0 Å². The Kier molecular flexibility index (Phi) is 3.93. The molecule has 0 aliphatic carbocycles. The second-order valence-corrected chi connectivity index (χ2v) is 5.92. The summed E-state index contributed by atoms with van der Waals surface area (Å²) in [5.41, 5.74) is 9.81. The van der Waals surface area contributed by atoms with Crippen LogP contribution in [0.1, 0.15) is 5.56 Å². The maximum Gasteiger partial charge on any atom is 0.0532 e. The van der Waals surface area contributed by atoms with E-state index in [-0.39, 0.29) is 0 Å². The Labute approximate surface area is 123 Å². The van der Waals surface area contributed by atoms with Gasteiger partial charge in [-0.05, 0) is 81.3 Å². The minimum Gasteiger partial charge on any atom is -0.398 e. The Morgan fingerprint density at radius 2 is 2.00 bits per heavy atom. The van der Waals surface area contributed by atoms with Crippen molar-refractivity contribution in [1.82, 2.24) is 0 Å². The normalized spacial score (nSPS) is 10.3. The number of anilines is 3. The summed E-state index contributed by atoms with van der Waals surface area (Å²) in [6.07, 6.45) is 0. The summed E-state index contributed by atoms with van der Waals surface area (Å²) in [4.78, 5) is 0. The first kappa shape index (κ1) is 12.7. The Bertz CT molecular complexity index is 555. The molecule has 0 saturated carbocycles. The summed E-state index contributed by atoms with van der Waals surface area (Å²) in [6.45, 7) is 2.00. The van der Waals surface area contributed by atoms with Crippen molar-refractivity contribution in [2.45, 2.75) is 6.92 Å². The third-order valence-electron chi connectivity index (χ3n) is 2.46. The predicted octanol–water partition coefficient (Wildman–Crippen LogP) is 4.69. The number of halogens is 2. The highest BCUT2D eigenvalue weighted by molar-refractivity contribution is 14.1. The van der Waals surface area contributed by atoms with Crippen LogP contribution in [0.25, 0.3) is 0 Å². The van der Waals surface area contributed by atoms with E-state index >= 15 is 0 Å². The number of nitrogens with one attached hydrogen (secondary N) is 1. The van der Waals surface area contributed by atoms with E-state index < -0.39 is 0 Å². The molecule has 0 saturated heterocycles. The highest BCUT2D eigenvalue weighted by Crippen LogP contribution is 2.30. The van der Waals surface area contributed by atoms with Gasteiger partial charge in [0, 0.05) is 19.4 Å². The molecule has 88 valence electrons. The van der Waals surface area contributed by atoms with Crippen molar-refractivity contribution in [1.29, 1.82) is 0 Å². The van der Waals surface area contributed by atoms with Crippen LogP contribution in [0.4, 0.5) is 17.1 Å². The molecule has 0 bridgehead atoms. The first-order valence-electron chi connectivity index (χ1n) is 5.14. The molecule has 3 N–H and O–H groups in total. The van der Waals surface area contributed by atoms with E-state index in [2.05, 4.69) is 56.0 Å². The lowest BCUT2D eigenvalue weighted by atomic mass is 10.2. The number of nitrogens with two attached hydrogens (primary N) is 1. The molecule has 0 radical (unpaired) electrons. The molecule has 0 heterocycles. The summed E-state index contributed by atoms with van der Waals surface area (Å²) >= 11 is 5.81. The maximum absolute atomic E-state index is 5.85. The molecule has 0 aliphatic rings. The average molecular weight is 403 g/mol. The lowest BCUT2D eigenvalue weighted by molar-refractivity contribution is 1.43.